The molecule has 0 radical (unpaired) electrons. The van der Waals surface area contributed by atoms with Crippen molar-refractivity contribution in [1.82, 2.24) is 0 Å². The molecule has 0 saturated heterocycles. The molecule has 2 N–H and O–H groups in total. The smallest absolute Gasteiger partial charge is 0.155 e. The predicted octanol–water partition coefficient (Wildman–Crippen LogP) is 5.56. The van der Waals surface area contributed by atoms with E-state index in [1.807, 2.05) is 6.08 Å². The molecule has 3 fully saturated rings. The van der Waals surface area contributed by atoms with Crippen LogP contribution in [0, 0.1) is 52.3 Å². The molecule has 0 heterocycles. The second-order valence-corrected chi connectivity index (χ2v) is 12.2. The monoisotopic (exact) mass is 428 g/mol. The summed E-state index contributed by atoms with van der Waals surface area (Å²) >= 11 is 0. The molecule has 0 aromatic heterocycles. The Hall–Kier alpha value is -0.930. The number of hydrogen-bond donors (Lipinski definition) is 2. The lowest BCUT2D eigenvalue weighted by molar-refractivity contribution is -0.159. The van der Waals surface area contributed by atoms with Crippen molar-refractivity contribution >= 4 is 5.78 Å². The molecule has 31 heavy (non-hydrogen) atoms. The zero-order chi connectivity index (χ0) is 22.6. The summed E-state index contributed by atoms with van der Waals surface area (Å²) in [6.07, 6.45) is 15.4. The van der Waals surface area contributed by atoms with Gasteiger partial charge in [-0.15, -0.1) is 0 Å². The summed E-state index contributed by atoms with van der Waals surface area (Å²) < 4.78 is 0. The third-order valence-corrected chi connectivity index (χ3v) is 10.8. The van der Waals surface area contributed by atoms with E-state index in [2.05, 4.69) is 52.8 Å². The Bertz CT molecular complexity index is 753. The molecule has 0 bridgehead atoms. The van der Waals surface area contributed by atoms with Gasteiger partial charge in [-0.05, 0) is 85.5 Å². The number of hydrogen-bond acceptors (Lipinski definition) is 3. The van der Waals surface area contributed by atoms with Gasteiger partial charge in [0.1, 0.15) is 0 Å². The molecule has 3 saturated carbocycles. The van der Waals surface area contributed by atoms with E-state index in [1.54, 1.807) is 0 Å². The molecule has 0 aliphatic heterocycles. The molecule has 174 valence electrons. The number of aliphatic hydroxyl groups is 2. The van der Waals surface area contributed by atoms with Gasteiger partial charge in [-0.1, -0.05) is 52.8 Å². The first-order valence-corrected chi connectivity index (χ1v) is 12.8. The molecular weight excluding hydrogens is 384 g/mol. The van der Waals surface area contributed by atoms with Crippen molar-refractivity contribution in [3.8, 4) is 0 Å². The van der Waals surface area contributed by atoms with Crippen LogP contribution in [0.2, 0.25) is 0 Å². The van der Waals surface area contributed by atoms with Crippen molar-refractivity contribution in [2.75, 3.05) is 6.61 Å². The van der Waals surface area contributed by atoms with Gasteiger partial charge in [0, 0.05) is 17.8 Å². The Morgan fingerprint density at radius 1 is 1.06 bits per heavy atom. The molecule has 4 rings (SSSR count). The van der Waals surface area contributed by atoms with Gasteiger partial charge in [-0.3, -0.25) is 4.79 Å². The van der Waals surface area contributed by atoms with Gasteiger partial charge in [0.25, 0.3) is 0 Å². The third-order valence-electron chi connectivity index (χ3n) is 10.8. The zero-order valence-electron chi connectivity index (χ0n) is 20.3. The van der Waals surface area contributed by atoms with Crippen LogP contribution in [0.5, 0.6) is 0 Å². The zero-order valence-corrected chi connectivity index (χ0v) is 20.3. The van der Waals surface area contributed by atoms with E-state index in [0.717, 1.165) is 32.1 Å². The minimum atomic E-state index is -0.833. The van der Waals surface area contributed by atoms with Gasteiger partial charge in [0.15, 0.2) is 5.78 Å². The number of carbonyl (C=O) groups excluding carboxylic acids is 1. The molecule has 3 nitrogen and oxygen atoms in total. The second-order valence-electron chi connectivity index (χ2n) is 12.2. The number of aliphatic hydroxyl groups excluding tert-OH is 1. The highest BCUT2D eigenvalue weighted by molar-refractivity contribution is 5.91. The quantitative estimate of drug-likeness (QED) is 0.564. The Kier molecular flexibility index (Phi) is 6.10. The van der Waals surface area contributed by atoms with Crippen LogP contribution in [0.4, 0.5) is 0 Å². The maximum absolute atomic E-state index is 12.1. The average molecular weight is 429 g/mol. The van der Waals surface area contributed by atoms with Gasteiger partial charge in [-0.25, -0.2) is 0 Å². The van der Waals surface area contributed by atoms with Crippen LogP contribution >= 0.6 is 0 Å². The maximum atomic E-state index is 12.1. The Morgan fingerprint density at radius 2 is 1.77 bits per heavy atom. The summed E-state index contributed by atoms with van der Waals surface area (Å²) in [5.41, 5.74) is -0.854. The second kappa shape index (κ2) is 8.13. The van der Waals surface area contributed by atoms with Crippen LogP contribution in [0.15, 0.2) is 24.3 Å². The van der Waals surface area contributed by atoms with E-state index in [-0.39, 0.29) is 23.4 Å². The molecule has 9 atom stereocenters. The standard InChI is InChI=1S/C28H44O3/c1-18(2)19(3)6-7-21(17-29)28(31)15-12-25-23-9-8-20-16-22(30)10-13-26(20,4)24(23)11-14-27(25,28)5/h6-7,10,13,18-21,23-25,29,31H,8-9,11-12,14-17H2,1-5H3/b7-6+/t19-,20-,21-,23+,24-,25-,26-,27+,28-/m0/s1. The van der Waals surface area contributed by atoms with E-state index >= 15 is 0 Å². The summed E-state index contributed by atoms with van der Waals surface area (Å²) in [5, 5.41) is 22.4. The first-order chi connectivity index (χ1) is 14.6. The van der Waals surface area contributed by atoms with Gasteiger partial charge in [-0.2, -0.15) is 0 Å². The molecular formula is C28H44O3. The van der Waals surface area contributed by atoms with Crippen LogP contribution in [-0.2, 0) is 4.79 Å². The maximum Gasteiger partial charge on any atom is 0.155 e. The molecule has 0 unspecified atom stereocenters. The fraction of sp³-hybridized carbons (Fsp3) is 0.821. The van der Waals surface area contributed by atoms with Crippen molar-refractivity contribution in [3.63, 3.8) is 0 Å². The summed E-state index contributed by atoms with van der Waals surface area (Å²) in [6, 6.07) is 0. The van der Waals surface area contributed by atoms with Crippen molar-refractivity contribution < 1.29 is 15.0 Å². The highest BCUT2D eigenvalue weighted by atomic mass is 16.3. The first kappa shape index (κ1) is 23.2. The topological polar surface area (TPSA) is 57.5 Å². The van der Waals surface area contributed by atoms with E-state index < -0.39 is 5.60 Å². The number of allylic oxidation sites excluding steroid dienone is 3. The summed E-state index contributed by atoms with van der Waals surface area (Å²) in [5.74, 6) is 3.31. The first-order valence-electron chi connectivity index (χ1n) is 12.8. The van der Waals surface area contributed by atoms with Crippen LogP contribution in [0.25, 0.3) is 0 Å². The molecule has 0 spiro atoms. The van der Waals surface area contributed by atoms with Crippen molar-refractivity contribution in [3.05, 3.63) is 24.3 Å². The Morgan fingerprint density at radius 3 is 2.45 bits per heavy atom. The number of rotatable bonds is 5. The van der Waals surface area contributed by atoms with E-state index in [1.165, 1.54) is 6.42 Å². The van der Waals surface area contributed by atoms with Crippen LogP contribution < -0.4 is 0 Å². The molecule has 3 heteroatoms. The van der Waals surface area contributed by atoms with Crippen LogP contribution in [0.1, 0.15) is 79.6 Å². The molecule has 0 amide bonds. The van der Waals surface area contributed by atoms with Gasteiger partial charge in [0.2, 0.25) is 0 Å². The number of ketones is 1. The third kappa shape index (κ3) is 3.50. The van der Waals surface area contributed by atoms with E-state index in [4.69, 9.17) is 0 Å². The number of carbonyl (C=O) groups is 1. The SMILES string of the molecule is CC(C)[C@@H](C)/C=C/[C@@H](CO)[C@@]1(O)CC[C@H]2[C@@H]3CC[C@H]4CC(=O)C=C[C@]4(C)[C@H]3CC[C@]21C. The normalized spacial score (nSPS) is 46.6. The predicted molar refractivity (Wildman–Crippen MR) is 125 cm³/mol. The Labute approximate surface area is 189 Å². The highest BCUT2D eigenvalue weighted by Crippen LogP contribution is 2.68. The van der Waals surface area contributed by atoms with Gasteiger partial charge < -0.3 is 10.2 Å². The fourth-order valence-electron chi connectivity index (χ4n) is 8.20. The average Bonchev–Trinajstić information content (AvgIpc) is 3.00. The van der Waals surface area contributed by atoms with Crippen molar-refractivity contribution in [1.29, 1.82) is 0 Å². The minimum Gasteiger partial charge on any atom is -0.396 e. The number of fused-ring (bicyclic) bond motifs is 5. The van der Waals surface area contributed by atoms with Crippen LogP contribution in [-0.4, -0.2) is 28.2 Å². The van der Waals surface area contributed by atoms with Crippen molar-refractivity contribution in [2.45, 2.75) is 85.2 Å². The van der Waals surface area contributed by atoms with E-state index in [0.29, 0.717) is 47.7 Å². The molecule has 4 aliphatic rings. The molecule has 4 aliphatic carbocycles. The lowest BCUT2D eigenvalue weighted by Crippen LogP contribution is -2.58. The van der Waals surface area contributed by atoms with Gasteiger partial charge in [0.05, 0.1) is 12.2 Å². The van der Waals surface area contributed by atoms with Crippen molar-refractivity contribution in [2.24, 2.45) is 52.3 Å². The molecule has 0 aromatic carbocycles. The Balaban J connectivity index is 1.60. The lowest BCUT2D eigenvalue weighted by Gasteiger charge is -2.60. The molecule has 0 aromatic rings. The van der Waals surface area contributed by atoms with E-state index in [9.17, 15) is 15.0 Å². The summed E-state index contributed by atoms with van der Waals surface area (Å²) in [4.78, 5) is 12.0. The van der Waals surface area contributed by atoms with Gasteiger partial charge >= 0.3 is 0 Å². The largest absolute Gasteiger partial charge is 0.396 e. The summed E-state index contributed by atoms with van der Waals surface area (Å²) in [6.45, 7) is 11.4. The highest BCUT2D eigenvalue weighted by Gasteiger charge is 2.65. The minimum absolute atomic E-state index is 0.0128. The summed E-state index contributed by atoms with van der Waals surface area (Å²) in [7, 11) is 0. The van der Waals surface area contributed by atoms with Crippen LogP contribution in [0.3, 0.4) is 0 Å². The lowest BCUT2D eigenvalue weighted by atomic mass is 9.45. The fourth-order valence-corrected chi connectivity index (χ4v) is 8.20.